The Bertz CT molecular complexity index is 799. The highest BCUT2D eigenvalue weighted by Crippen LogP contribution is 2.49. The van der Waals surface area contributed by atoms with Crippen LogP contribution in [0.2, 0.25) is 16.6 Å². The number of fused-ring (bicyclic) bond motifs is 3. The molecule has 1 aliphatic carbocycles. The van der Waals surface area contributed by atoms with Crippen molar-refractivity contribution in [3.05, 3.63) is 41.7 Å². The number of benzene rings is 1. The van der Waals surface area contributed by atoms with Gasteiger partial charge >= 0.3 is 5.92 Å². The number of alkyl halides is 2. The molecule has 0 amide bonds. The summed E-state index contributed by atoms with van der Waals surface area (Å²) in [6.07, 6.45) is 1.98. The molecule has 142 valence electrons. The molecule has 0 saturated heterocycles. The third kappa shape index (κ3) is 2.76. The van der Waals surface area contributed by atoms with E-state index in [1.807, 2.05) is 12.1 Å². The van der Waals surface area contributed by atoms with Crippen LogP contribution >= 0.6 is 0 Å². The summed E-state index contributed by atoms with van der Waals surface area (Å²) < 4.78 is 42.7. The maximum Gasteiger partial charge on any atom is 0.333 e. The minimum absolute atomic E-state index is 0.240. The molecule has 1 aromatic carbocycles. The summed E-state index contributed by atoms with van der Waals surface area (Å²) in [6.45, 7) is 12.6. The second-order valence-corrected chi connectivity index (χ2v) is 13.6. The van der Waals surface area contributed by atoms with Crippen molar-refractivity contribution in [2.45, 2.75) is 70.2 Å². The first-order valence-electron chi connectivity index (χ1n) is 9.38. The molecule has 2 aromatic rings. The summed E-state index contributed by atoms with van der Waals surface area (Å²) in [4.78, 5) is 0. The van der Waals surface area contributed by atoms with Gasteiger partial charge in [0.05, 0.1) is 0 Å². The van der Waals surface area contributed by atoms with Crippen molar-refractivity contribution in [1.82, 2.24) is 0 Å². The lowest BCUT2D eigenvalue weighted by Crippen LogP contribution is -2.53. The Morgan fingerprint density at radius 2 is 1.58 bits per heavy atom. The second kappa shape index (κ2) is 6.61. The van der Waals surface area contributed by atoms with E-state index in [4.69, 9.17) is 8.84 Å². The van der Waals surface area contributed by atoms with E-state index in [1.165, 1.54) is 6.08 Å². The molecule has 0 fully saturated rings. The van der Waals surface area contributed by atoms with Crippen LogP contribution in [0.5, 0.6) is 0 Å². The molecule has 1 aliphatic rings. The summed E-state index contributed by atoms with van der Waals surface area (Å²) in [5.41, 5.74) is 1.68. The predicted octanol–water partition coefficient (Wildman–Crippen LogP) is 7.11. The van der Waals surface area contributed by atoms with Gasteiger partial charge in [-0.15, -0.1) is 0 Å². The average molecular weight is 379 g/mol. The van der Waals surface area contributed by atoms with Crippen molar-refractivity contribution in [2.75, 3.05) is 0 Å². The van der Waals surface area contributed by atoms with Crippen molar-refractivity contribution in [3.8, 4) is 0 Å². The number of hydrogen-bond acceptors (Lipinski definition) is 2. The maximum atomic E-state index is 15.4. The monoisotopic (exact) mass is 378 g/mol. The lowest BCUT2D eigenvalue weighted by atomic mass is 9.97. The quantitative estimate of drug-likeness (QED) is 0.517. The highest BCUT2D eigenvalue weighted by molar-refractivity contribution is 6.77. The lowest BCUT2D eigenvalue weighted by Gasteiger charge is -2.45. The molecule has 1 atom stereocenters. The van der Waals surface area contributed by atoms with Gasteiger partial charge in [-0.2, -0.15) is 8.78 Å². The normalized spacial score (nSPS) is 19.7. The predicted molar refractivity (Wildman–Crippen MR) is 105 cm³/mol. The van der Waals surface area contributed by atoms with Crippen molar-refractivity contribution in [3.63, 3.8) is 0 Å². The van der Waals surface area contributed by atoms with Gasteiger partial charge < -0.3 is 8.84 Å². The molecular formula is C21H28F2O2Si. The number of para-hydroxylation sites is 1. The number of halogens is 2. The van der Waals surface area contributed by atoms with E-state index in [-0.39, 0.29) is 22.4 Å². The van der Waals surface area contributed by atoms with Gasteiger partial charge in [-0.3, -0.25) is 0 Å². The summed E-state index contributed by atoms with van der Waals surface area (Å²) in [5.74, 6) is -3.45. The number of furan rings is 1. The minimum Gasteiger partial charge on any atom is -0.454 e. The highest BCUT2D eigenvalue weighted by Gasteiger charge is 2.54. The van der Waals surface area contributed by atoms with Crippen LogP contribution in [0.3, 0.4) is 0 Å². The van der Waals surface area contributed by atoms with Crippen LogP contribution in [0, 0.1) is 0 Å². The van der Waals surface area contributed by atoms with E-state index in [1.54, 1.807) is 18.2 Å². The van der Waals surface area contributed by atoms with Gasteiger partial charge in [-0.25, -0.2) is 0 Å². The van der Waals surface area contributed by atoms with E-state index in [9.17, 15) is 0 Å². The van der Waals surface area contributed by atoms with Crippen LogP contribution in [0.4, 0.5) is 8.78 Å². The van der Waals surface area contributed by atoms with Crippen LogP contribution in [-0.4, -0.2) is 14.4 Å². The van der Waals surface area contributed by atoms with Gasteiger partial charge in [0, 0.05) is 10.9 Å². The smallest absolute Gasteiger partial charge is 0.333 e. The molecule has 26 heavy (non-hydrogen) atoms. The fourth-order valence-corrected chi connectivity index (χ4v) is 10.1. The molecule has 1 aromatic heterocycles. The van der Waals surface area contributed by atoms with Gasteiger partial charge in [-0.05, 0) is 28.8 Å². The molecule has 2 nitrogen and oxygen atoms in total. The van der Waals surface area contributed by atoms with E-state index in [2.05, 4.69) is 41.5 Å². The fraction of sp³-hybridized carbons (Fsp3) is 0.524. The zero-order valence-electron chi connectivity index (χ0n) is 16.3. The van der Waals surface area contributed by atoms with Crippen LogP contribution < -0.4 is 0 Å². The molecule has 1 heterocycles. The van der Waals surface area contributed by atoms with E-state index in [0.717, 1.165) is 5.39 Å². The molecule has 0 bridgehead atoms. The zero-order chi connectivity index (χ0) is 19.3. The van der Waals surface area contributed by atoms with Gasteiger partial charge in [0.2, 0.25) is 8.32 Å². The van der Waals surface area contributed by atoms with Crippen molar-refractivity contribution >= 4 is 25.4 Å². The Morgan fingerprint density at radius 3 is 2.15 bits per heavy atom. The van der Waals surface area contributed by atoms with E-state index in [0.29, 0.717) is 11.1 Å². The zero-order valence-corrected chi connectivity index (χ0v) is 17.3. The molecule has 0 spiro atoms. The van der Waals surface area contributed by atoms with Crippen LogP contribution in [-0.2, 0) is 10.3 Å². The standard InChI is InChI=1S/C21H28F2O2Si/c1-13(2)26(14(3)4,15(5)6)25-19-12-11-17-16-9-7-8-10-18(16)24-20(17)21(19,22)23/h7-15,19H,1-6H3. The molecule has 0 radical (unpaired) electrons. The summed E-state index contributed by atoms with van der Waals surface area (Å²) in [6, 6.07) is 7.17. The summed E-state index contributed by atoms with van der Waals surface area (Å²) >= 11 is 0. The van der Waals surface area contributed by atoms with Crippen molar-refractivity contribution in [2.24, 2.45) is 0 Å². The summed E-state index contributed by atoms with van der Waals surface area (Å²) in [5, 5.41) is 0.719. The first-order chi connectivity index (χ1) is 12.1. The molecule has 1 unspecified atom stereocenters. The van der Waals surface area contributed by atoms with Crippen molar-refractivity contribution in [1.29, 1.82) is 0 Å². The van der Waals surface area contributed by atoms with Crippen LogP contribution in [0.1, 0.15) is 52.9 Å². The fourth-order valence-electron chi connectivity index (χ4n) is 4.65. The summed E-state index contributed by atoms with van der Waals surface area (Å²) in [7, 11) is -2.44. The minimum atomic E-state index is -3.18. The Morgan fingerprint density at radius 1 is 1.00 bits per heavy atom. The number of hydrogen-bond donors (Lipinski definition) is 0. The van der Waals surface area contributed by atoms with Crippen LogP contribution in [0.15, 0.2) is 34.8 Å². The second-order valence-electron chi connectivity index (χ2n) is 8.18. The Balaban J connectivity index is 2.05. The third-order valence-electron chi connectivity index (χ3n) is 5.77. The van der Waals surface area contributed by atoms with Gasteiger partial charge in [0.15, 0.2) is 5.76 Å². The highest BCUT2D eigenvalue weighted by atomic mass is 28.4. The van der Waals surface area contributed by atoms with Crippen LogP contribution in [0.25, 0.3) is 17.0 Å². The maximum absolute atomic E-state index is 15.4. The Kier molecular flexibility index (Phi) is 4.91. The molecule has 3 rings (SSSR count). The molecule has 0 N–H and O–H groups in total. The molecule has 0 aliphatic heterocycles. The first kappa shape index (κ1) is 19.3. The SMILES string of the molecule is CC(C)[Si](OC1C=Cc2c(oc3ccccc23)C1(F)F)(C(C)C)C(C)C. The molecule has 5 heteroatoms. The molecular weight excluding hydrogens is 350 g/mol. The first-order valence-corrected chi connectivity index (χ1v) is 11.5. The molecule has 0 saturated carbocycles. The van der Waals surface area contributed by atoms with Crippen molar-refractivity contribution < 1.29 is 17.6 Å². The van der Waals surface area contributed by atoms with Gasteiger partial charge in [0.25, 0.3) is 0 Å². The largest absolute Gasteiger partial charge is 0.454 e. The van der Waals surface area contributed by atoms with E-state index >= 15 is 8.78 Å². The van der Waals surface area contributed by atoms with E-state index < -0.39 is 20.3 Å². The number of rotatable bonds is 5. The topological polar surface area (TPSA) is 22.4 Å². The van der Waals surface area contributed by atoms with Gasteiger partial charge in [0.1, 0.15) is 11.7 Å². The Labute approximate surface area is 155 Å². The lowest BCUT2D eigenvalue weighted by molar-refractivity contribution is -0.103. The average Bonchev–Trinajstić information content (AvgIpc) is 2.93. The third-order valence-corrected chi connectivity index (χ3v) is 11.8. The van der Waals surface area contributed by atoms with Gasteiger partial charge in [-0.1, -0.05) is 65.8 Å². The Hall–Kier alpha value is -1.46.